The average molecular weight is 241 g/mol. The molecule has 16 heavy (non-hydrogen) atoms. The van der Waals surface area contributed by atoms with Crippen molar-refractivity contribution in [3.63, 3.8) is 0 Å². The van der Waals surface area contributed by atoms with Gasteiger partial charge in [0.1, 0.15) is 5.15 Å². The van der Waals surface area contributed by atoms with E-state index in [2.05, 4.69) is 12.0 Å². The lowest BCUT2D eigenvalue weighted by Gasteiger charge is -2.10. The minimum atomic E-state index is 0.400. The van der Waals surface area contributed by atoms with Crippen molar-refractivity contribution in [1.29, 1.82) is 0 Å². The summed E-state index contributed by atoms with van der Waals surface area (Å²) in [5, 5.41) is 5.04. The predicted molar refractivity (Wildman–Crippen MR) is 64.1 cm³/mol. The van der Waals surface area contributed by atoms with Crippen molar-refractivity contribution in [3.05, 3.63) is 16.4 Å². The first kappa shape index (κ1) is 11.6. The van der Waals surface area contributed by atoms with Crippen molar-refractivity contribution in [2.24, 2.45) is 0 Å². The first-order valence-corrected chi connectivity index (χ1v) is 6.37. The van der Waals surface area contributed by atoms with Crippen LogP contribution in [0.15, 0.2) is 0 Å². The molecule has 0 N–H and O–H groups in total. The highest BCUT2D eigenvalue weighted by Gasteiger charge is 2.23. The Hall–Kier alpha value is -0.830. The Morgan fingerprint density at radius 3 is 2.75 bits per heavy atom. The van der Waals surface area contributed by atoms with E-state index in [0.29, 0.717) is 16.8 Å². The van der Waals surface area contributed by atoms with Crippen LogP contribution in [-0.4, -0.2) is 16.1 Å². The van der Waals surface area contributed by atoms with Crippen LogP contribution in [0.1, 0.15) is 61.1 Å². The second-order valence-corrected chi connectivity index (χ2v) is 4.76. The largest absolute Gasteiger partial charge is 0.298 e. The molecule has 1 fully saturated rings. The van der Waals surface area contributed by atoms with Crippen LogP contribution in [0.4, 0.5) is 0 Å². The molecular weight excluding hydrogens is 224 g/mol. The maximum absolute atomic E-state index is 11.0. The molecule has 1 saturated carbocycles. The van der Waals surface area contributed by atoms with Gasteiger partial charge in [0, 0.05) is 0 Å². The third-order valence-corrected chi connectivity index (χ3v) is 3.61. The molecule has 88 valence electrons. The molecule has 1 heterocycles. The van der Waals surface area contributed by atoms with E-state index in [9.17, 15) is 4.79 Å². The molecule has 1 aromatic heterocycles. The number of aryl methyl sites for hydroxylation is 1. The molecule has 0 spiro atoms. The summed E-state index contributed by atoms with van der Waals surface area (Å²) in [4.78, 5) is 11.0. The van der Waals surface area contributed by atoms with Crippen LogP contribution < -0.4 is 0 Å². The van der Waals surface area contributed by atoms with Crippen molar-refractivity contribution < 1.29 is 4.79 Å². The number of halogens is 1. The van der Waals surface area contributed by atoms with Gasteiger partial charge in [-0.05, 0) is 19.3 Å². The molecule has 0 atom stereocenters. The maximum Gasteiger partial charge on any atom is 0.155 e. The van der Waals surface area contributed by atoms with Gasteiger partial charge in [-0.1, -0.05) is 37.8 Å². The summed E-state index contributed by atoms with van der Waals surface area (Å²) in [6, 6.07) is 0.400. The highest BCUT2D eigenvalue weighted by Crippen LogP contribution is 2.33. The van der Waals surface area contributed by atoms with Crippen molar-refractivity contribution in [1.82, 2.24) is 9.78 Å². The fraction of sp³-hybridized carbons (Fsp3) is 0.667. The highest BCUT2D eigenvalue weighted by atomic mass is 35.5. The van der Waals surface area contributed by atoms with Crippen LogP contribution in [0, 0.1) is 0 Å². The van der Waals surface area contributed by atoms with E-state index >= 15 is 0 Å². The lowest BCUT2D eigenvalue weighted by Crippen LogP contribution is -2.07. The second kappa shape index (κ2) is 5.00. The Balaban J connectivity index is 2.34. The van der Waals surface area contributed by atoms with Gasteiger partial charge in [0.15, 0.2) is 6.29 Å². The zero-order valence-corrected chi connectivity index (χ0v) is 10.3. The Kier molecular flexibility index (Phi) is 3.64. The van der Waals surface area contributed by atoms with Gasteiger partial charge in [0.05, 0.1) is 17.3 Å². The minimum absolute atomic E-state index is 0.400. The zero-order valence-electron chi connectivity index (χ0n) is 9.58. The number of aldehydes is 1. The molecule has 0 aromatic carbocycles. The van der Waals surface area contributed by atoms with Crippen molar-refractivity contribution in [2.75, 3.05) is 0 Å². The van der Waals surface area contributed by atoms with Gasteiger partial charge < -0.3 is 0 Å². The van der Waals surface area contributed by atoms with Crippen LogP contribution in [0.2, 0.25) is 5.15 Å². The number of carbonyl (C=O) groups excluding carboxylic acids is 1. The van der Waals surface area contributed by atoms with E-state index in [4.69, 9.17) is 11.6 Å². The second-order valence-electron chi connectivity index (χ2n) is 4.40. The molecule has 0 bridgehead atoms. The molecule has 0 amide bonds. The first-order valence-electron chi connectivity index (χ1n) is 6.00. The molecule has 0 radical (unpaired) electrons. The molecular formula is C12H17ClN2O. The summed E-state index contributed by atoms with van der Waals surface area (Å²) >= 11 is 6.21. The van der Waals surface area contributed by atoms with Crippen molar-refractivity contribution in [3.8, 4) is 0 Å². The van der Waals surface area contributed by atoms with Gasteiger partial charge in [-0.25, -0.2) is 4.68 Å². The highest BCUT2D eigenvalue weighted by molar-refractivity contribution is 6.32. The normalized spacial score (nSPS) is 16.9. The lowest BCUT2D eigenvalue weighted by atomic mass is 10.2. The van der Waals surface area contributed by atoms with Gasteiger partial charge in [-0.15, -0.1) is 0 Å². The number of rotatable bonds is 4. The van der Waals surface area contributed by atoms with E-state index in [1.165, 1.54) is 12.8 Å². The fourth-order valence-electron chi connectivity index (χ4n) is 2.40. The predicted octanol–water partition coefficient (Wildman–Crippen LogP) is 3.42. The van der Waals surface area contributed by atoms with Crippen molar-refractivity contribution in [2.45, 2.75) is 51.5 Å². The number of hydrogen-bond acceptors (Lipinski definition) is 2. The summed E-state index contributed by atoms with van der Waals surface area (Å²) in [6.45, 7) is 2.08. The Morgan fingerprint density at radius 2 is 2.19 bits per heavy atom. The number of carbonyl (C=O) groups is 1. The summed E-state index contributed by atoms with van der Waals surface area (Å²) in [6.07, 6.45) is 7.38. The third-order valence-electron chi connectivity index (χ3n) is 3.24. The smallest absolute Gasteiger partial charge is 0.155 e. The number of aromatic nitrogens is 2. The van der Waals surface area contributed by atoms with E-state index in [-0.39, 0.29) is 0 Å². The molecule has 1 aliphatic carbocycles. The molecule has 2 rings (SSSR count). The molecule has 3 nitrogen and oxygen atoms in total. The maximum atomic E-state index is 11.0. The zero-order chi connectivity index (χ0) is 11.5. The quantitative estimate of drug-likeness (QED) is 0.756. The monoisotopic (exact) mass is 240 g/mol. The third kappa shape index (κ3) is 2.01. The Bertz CT molecular complexity index is 381. The standard InChI is InChI=1S/C12H17ClN2O/c1-2-5-11-10(8-16)12(13)15(14-11)9-6-3-4-7-9/h8-9H,2-7H2,1H3. The Morgan fingerprint density at radius 1 is 1.50 bits per heavy atom. The van der Waals surface area contributed by atoms with Crippen LogP contribution in [0.5, 0.6) is 0 Å². The van der Waals surface area contributed by atoms with Gasteiger partial charge in [-0.2, -0.15) is 5.10 Å². The first-order chi connectivity index (χ1) is 7.77. The average Bonchev–Trinajstić information content (AvgIpc) is 2.87. The molecule has 1 aromatic rings. The summed E-state index contributed by atoms with van der Waals surface area (Å²) in [5.41, 5.74) is 1.45. The van der Waals surface area contributed by atoms with Crippen LogP contribution >= 0.6 is 11.6 Å². The van der Waals surface area contributed by atoms with E-state index < -0.39 is 0 Å². The molecule has 0 saturated heterocycles. The fourth-order valence-corrected chi connectivity index (χ4v) is 2.73. The summed E-state index contributed by atoms with van der Waals surface area (Å²) in [5.74, 6) is 0. The van der Waals surface area contributed by atoms with Gasteiger partial charge >= 0.3 is 0 Å². The minimum Gasteiger partial charge on any atom is -0.298 e. The van der Waals surface area contributed by atoms with Gasteiger partial charge in [-0.3, -0.25) is 4.79 Å². The van der Waals surface area contributed by atoms with E-state index in [1.807, 2.05) is 4.68 Å². The van der Waals surface area contributed by atoms with Crippen molar-refractivity contribution >= 4 is 17.9 Å². The molecule has 0 unspecified atom stereocenters. The molecule has 1 aliphatic rings. The number of nitrogens with zero attached hydrogens (tertiary/aromatic N) is 2. The molecule has 4 heteroatoms. The number of hydrogen-bond donors (Lipinski definition) is 0. The van der Waals surface area contributed by atoms with Crippen LogP contribution in [0.25, 0.3) is 0 Å². The molecule has 0 aliphatic heterocycles. The Labute approximate surface area is 101 Å². The topological polar surface area (TPSA) is 34.9 Å². The van der Waals surface area contributed by atoms with Gasteiger partial charge in [0.2, 0.25) is 0 Å². The lowest BCUT2D eigenvalue weighted by molar-refractivity contribution is 0.112. The van der Waals surface area contributed by atoms with Crippen LogP contribution in [-0.2, 0) is 6.42 Å². The van der Waals surface area contributed by atoms with Crippen LogP contribution in [0.3, 0.4) is 0 Å². The van der Waals surface area contributed by atoms with E-state index in [0.717, 1.165) is 37.7 Å². The summed E-state index contributed by atoms with van der Waals surface area (Å²) < 4.78 is 1.86. The van der Waals surface area contributed by atoms with Gasteiger partial charge in [0.25, 0.3) is 0 Å². The van der Waals surface area contributed by atoms with E-state index in [1.54, 1.807) is 0 Å². The SMILES string of the molecule is CCCc1nn(C2CCCC2)c(Cl)c1C=O. The summed E-state index contributed by atoms with van der Waals surface area (Å²) in [7, 11) is 0.